The highest BCUT2D eigenvalue weighted by Gasteiger charge is 2.56. The van der Waals surface area contributed by atoms with Gasteiger partial charge in [0.2, 0.25) is 5.91 Å². The normalized spacial score (nSPS) is 23.9. The highest BCUT2D eigenvalue weighted by Crippen LogP contribution is 2.42. The first kappa shape index (κ1) is 16.4. The Hall–Kier alpha value is -1.41. The number of nitrogens with one attached hydrogen (secondary N) is 2. The molecule has 3 rings (SSSR count). The fraction of sp³-hybridized carbons (Fsp3) is 0.400. The topological polar surface area (TPSA) is 78.5 Å². The number of amides is 4. The van der Waals surface area contributed by atoms with Crippen molar-refractivity contribution in [3.8, 4) is 0 Å². The maximum atomic E-state index is 12.5. The van der Waals surface area contributed by atoms with E-state index in [1.165, 1.54) is 0 Å². The van der Waals surface area contributed by atoms with Crippen molar-refractivity contribution in [3.05, 3.63) is 27.1 Å². The average molecular weight is 445 g/mol. The first-order chi connectivity index (χ1) is 10.8. The van der Waals surface area contributed by atoms with Crippen LogP contribution in [0.3, 0.4) is 0 Å². The van der Waals surface area contributed by atoms with Crippen LogP contribution in [0.4, 0.5) is 10.5 Å². The molecular formula is C15H15Br2N3O3. The van der Waals surface area contributed by atoms with Crippen LogP contribution in [-0.2, 0) is 9.59 Å². The summed E-state index contributed by atoms with van der Waals surface area (Å²) in [6.07, 6.45) is 1.85. The van der Waals surface area contributed by atoms with Gasteiger partial charge in [-0.25, -0.2) is 4.79 Å². The molecule has 0 bridgehead atoms. The largest absolute Gasteiger partial charge is 0.325 e. The average Bonchev–Trinajstić information content (AvgIpc) is 3.28. The maximum absolute atomic E-state index is 12.5. The van der Waals surface area contributed by atoms with Gasteiger partial charge in [0, 0.05) is 8.95 Å². The van der Waals surface area contributed by atoms with Gasteiger partial charge in [0.25, 0.3) is 5.91 Å². The first-order valence-electron chi connectivity index (χ1n) is 7.20. The number of anilines is 1. The van der Waals surface area contributed by atoms with Crippen LogP contribution >= 0.6 is 31.9 Å². The third-order valence-electron chi connectivity index (χ3n) is 4.20. The van der Waals surface area contributed by atoms with Gasteiger partial charge in [-0.15, -0.1) is 0 Å². The fourth-order valence-corrected chi connectivity index (χ4v) is 3.87. The smallest absolute Gasteiger partial charge is 0.323 e. The lowest BCUT2D eigenvalue weighted by molar-refractivity contribution is -0.134. The number of halogens is 2. The van der Waals surface area contributed by atoms with Gasteiger partial charge in [-0.2, -0.15) is 0 Å². The molecule has 0 radical (unpaired) electrons. The maximum Gasteiger partial charge on any atom is 0.325 e. The molecule has 2 aliphatic rings. The van der Waals surface area contributed by atoms with Crippen molar-refractivity contribution in [1.29, 1.82) is 0 Å². The molecule has 2 fully saturated rings. The molecule has 1 atom stereocenters. The first-order valence-corrected chi connectivity index (χ1v) is 8.79. The number of imide groups is 1. The summed E-state index contributed by atoms with van der Waals surface area (Å²) in [6.45, 7) is 1.43. The molecule has 1 saturated heterocycles. The standard InChI is InChI=1S/C15H15Br2N3O3/c1-15(8-2-3-8)13(22)20(14(23)19-15)7-12(21)18-11-5-4-9(16)6-10(11)17/h4-6,8H,2-3,7H2,1H3,(H,18,21)(H,19,23). The van der Waals surface area contributed by atoms with Gasteiger partial charge in [-0.05, 0) is 59.8 Å². The molecule has 0 aromatic heterocycles. The molecule has 1 aliphatic carbocycles. The summed E-state index contributed by atoms with van der Waals surface area (Å²) in [7, 11) is 0. The summed E-state index contributed by atoms with van der Waals surface area (Å²) in [5, 5.41) is 5.42. The quantitative estimate of drug-likeness (QED) is 0.701. The third-order valence-corrected chi connectivity index (χ3v) is 5.35. The van der Waals surface area contributed by atoms with Crippen LogP contribution in [0.5, 0.6) is 0 Å². The molecule has 1 unspecified atom stereocenters. The fourth-order valence-electron chi connectivity index (χ4n) is 2.72. The van der Waals surface area contributed by atoms with Crippen molar-refractivity contribution in [2.75, 3.05) is 11.9 Å². The Bertz CT molecular complexity index is 705. The van der Waals surface area contributed by atoms with E-state index in [1.807, 2.05) is 0 Å². The van der Waals surface area contributed by atoms with E-state index in [-0.39, 0.29) is 18.4 Å². The SMILES string of the molecule is CC1(C2CC2)NC(=O)N(CC(=O)Nc2ccc(Br)cc2Br)C1=O. The second-order valence-corrected chi connectivity index (χ2v) is 7.74. The number of carbonyl (C=O) groups excluding carboxylic acids is 3. The summed E-state index contributed by atoms with van der Waals surface area (Å²) >= 11 is 6.69. The Morgan fingerprint density at radius 1 is 1.39 bits per heavy atom. The predicted molar refractivity (Wildman–Crippen MR) is 91.8 cm³/mol. The van der Waals surface area contributed by atoms with Crippen molar-refractivity contribution in [2.45, 2.75) is 25.3 Å². The van der Waals surface area contributed by atoms with Crippen molar-refractivity contribution in [3.63, 3.8) is 0 Å². The molecule has 1 aromatic rings. The summed E-state index contributed by atoms with van der Waals surface area (Å²) in [5.74, 6) is -0.570. The van der Waals surface area contributed by atoms with E-state index in [9.17, 15) is 14.4 Å². The van der Waals surface area contributed by atoms with E-state index in [4.69, 9.17) is 0 Å². The number of urea groups is 1. The minimum atomic E-state index is -0.866. The summed E-state index contributed by atoms with van der Waals surface area (Å²) in [5.41, 5.74) is -0.287. The molecule has 1 aliphatic heterocycles. The molecule has 122 valence electrons. The lowest BCUT2D eigenvalue weighted by atomic mass is 9.96. The van der Waals surface area contributed by atoms with Crippen LogP contribution in [-0.4, -0.2) is 34.8 Å². The van der Waals surface area contributed by atoms with Crippen LogP contribution in [0.1, 0.15) is 19.8 Å². The molecule has 6 nitrogen and oxygen atoms in total. The molecular weight excluding hydrogens is 430 g/mol. The highest BCUT2D eigenvalue weighted by molar-refractivity contribution is 9.11. The van der Waals surface area contributed by atoms with E-state index >= 15 is 0 Å². The summed E-state index contributed by atoms with van der Waals surface area (Å²) in [4.78, 5) is 37.7. The van der Waals surface area contributed by atoms with E-state index in [2.05, 4.69) is 42.5 Å². The second-order valence-electron chi connectivity index (χ2n) is 5.97. The van der Waals surface area contributed by atoms with Crippen LogP contribution in [0, 0.1) is 5.92 Å². The molecule has 1 saturated carbocycles. The molecule has 8 heteroatoms. The van der Waals surface area contributed by atoms with Gasteiger partial charge in [-0.3, -0.25) is 14.5 Å². The lowest BCUT2D eigenvalue weighted by Crippen LogP contribution is -2.46. The zero-order chi connectivity index (χ0) is 16.8. The van der Waals surface area contributed by atoms with Crippen LogP contribution in [0.2, 0.25) is 0 Å². The van der Waals surface area contributed by atoms with Gasteiger partial charge >= 0.3 is 6.03 Å². The second kappa shape index (κ2) is 5.90. The molecule has 1 heterocycles. The number of rotatable bonds is 4. The van der Waals surface area contributed by atoms with Crippen LogP contribution in [0.15, 0.2) is 27.1 Å². The van der Waals surface area contributed by atoms with E-state index in [0.717, 1.165) is 22.2 Å². The molecule has 1 aromatic carbocycles. The number of benzene rings is 1. The number of hydrogen-bond acceptors (Lipinski definition) is 3. The molecule has 0 spiro atoms. The minimum Gasteiger partial charge on any atom is -0.323 e. The summed E-state index contributed by atoms with van der Waals surface area (Å²) in [6, 6.07) is 4.81. The Morgan fingerprint density at radius 3 is 2.70 bits per heavy atom. The molecule has 2 N–H and O–H groups in total. The van der Waals surface area contributed by atoms with E-state index in [0.29, 0.717) is 10.2 Å². The molecule has 4 amide bonds. The zero-order valence-electron chi connectivity index (χ0n) is 12.4. The Balaban J connectivity index is 1.68. The van der Waals surface area contributed by atoms with Crippen LogP contribution in [0.25, 0.3) is 0 Å². The van der Waals surface area contributed by atoms with Crippen molar-refractivity contribution < 1.29 is 14.4 Å². The van der Waals surface area contributed by atoms with Crippen LogP contribution < -0.4 is 10.6 Å². The van der Waals surface area contributed by atoms with Gasteiger partial charge in [0.05, 0.1) is 5.69 Å². The predicted octanol–water partition coefficient (Wildman–Crippen LogP) is 2.87. The Labute approximate surface area is 150 Å². The van der Waals surface area contributed by atoms with E-state index in [1.54, 1.807) is 25.1 Å². The zero-order valence-corrected chi connectivity index (χ0v) is 15.5. The van der Waals surface area contributed by atoms with Crippen molar-refractivity contribution in [2.24, 2.45) is 5.92 Å². The Morgan fingerprint density at radius 2 is 2.09 bits per heavy atom. The third kappa shape index (κ3) is 3.14. The monoisotopic (exact) mass is 443 g/mol. The van der Waals surface area contributed by atoms with Gasteiger partial charge < -0.3 is 10.6 Å². The number of carbonyl (C=O) groups is 3. The minimum absolute atomic E-state index is 0.174. The van der Waals surface area contributed by atoms with E-state index < -0.39 is 17.5 Å². The van der Waals surface area contributed by atoms with Gasteiger partial charge in [-0.1, -0.05) is 15.9 Å². The van der Waals surface area contributed by atoms with Crippen molar-refractivity contribution >= 4 is 55.4 Å². The van der Waals surface area contributed by atoms with Gasteiger partial charge in [0.15, 0.2) is 0 Å². The highest BCUT2D eigenvalue weighted by atomic mass is 79.9. The molecule has 23 heavy (non-hydrogen) atoms. The Kier molecular flexibility index (Phi) is 4.22. The number of hydrogen-bond donors (Lipinski definition) is 2. The number of nitrogens with zero attached hydrogens (tertiary/aromatic N) is 1. The van der Waals surface area contributed by atoms with Gasteiger partial charge in [0.1, 0.15) is 12.1 Å². The van der Waals surface area contributed by atoms with Crippen molar-refractivity contribution in [1.82, 2.24) is 10.2 Å². The summed E-state index contributed by atoms with van der Waals surface area (Å²) < 4.78 is 1.58. The lowest BCUT2D eigenvalue weighted by Gasteiger charge is -2.20.